The smallest absolute Gasteiger partial charge is 0.315 e. The quantitative estimate of drug-likeness (QED) is 0.515. The zero-order chi connectivity index (χ0) is 9.47. The molecular weight excluding hydrogens is 170 g/mol. The molecule has 2 amide bonds. The fraction of sp³-hybridized carbons (Fsp3) is 0.875. The molecule has 0 spiro atoms. The van der Waals surface area contributed by atoms with Crippen molar-refractivity contribution in [2.75, 3.05) is 26.3 Å². The van der Waals surface area contributed by atoms with Crippen LogP contribution in [0.15, 0.2) is 0 Å². The maximum atomic E-state index is 11.2. The number of hydrogen-bond donors (Lipinski definition) is 2. The Labute approximate surface area is 77.2 Å². The van der Waals surface area contributed by atoms with Gasteiger partial charge in [-0.1, -0.05) is 0 Å². The number of urea groups is 1. The summed E-state index contributed by atoms with van der Waals surface area (Å²) in [6.07, 6.45) is 0. The van der Waals surface area contributed by atoms with Gasteiger partial charge in [-0.2, -0.15) is 0 Å². The van der Waals surface area contributed by atoms with Gasteiger partial charge in [0.1, 0.15) is 0 Å². The molecule has 2 heterocycles. The van der Waals surface area contributed by atoms with Crippen LogP contribution in [0.4, 0.5) is 4.79 Å². The maximum absolute atomic E-state index is 11.2. The number of hydrogen-bond acceptors (Lipinski definition) is 3. The Balaban J connectivity index is 2.25. The molecule has 2 fully saturated rings. The first kappa shape index (κ1) is 8.77. The molecule has 3 N–H and O–H groups in total. The Hall–Kier alpha value is -0.810. The van der Waals surface area contributed by atoms with Crippen molar-refractivity contribution in [3.05, 3.63) is 0 Å². The van der Waals surface area contributed by atoms with Crippen LogP contribution in [0.2, 0.25) is 0 Å². The number of morpholine rings is 1. The van der Waals surface area contributed by atoms with E-state index in [2.05, 4.69) is 5.32 Å². The molecule has 0 saturated carbocycles. The van der Waals surface area contributed by atoms with Gasteiger partial charge in [-0.3, -0.25) is 0 Å². The third-order valence-electron chi connectivity index (χ3n) is 2.79. The molecule has 0 aromatic rings. The van der Waals surface area contributed by atoms with Crippen molar-refractivity contribution in [2.45, 2.75) is 18.5 Å². The fourth-order valence-electron chi connectivity index (χ4n) is 2.24. The molecule has 0 aromatic carbocycles. The first-order chi connectivity index (χ1) is 6.13. The van der Waals surface area contributed by atoms with E-state index in [1.807, 2.05) is 6.92 Å². The number of fused-ring (bicyclic) bond motifs is 2. The Morgan fingerprint density at radius 2 is 2.54 bits per heavy atom. The first-order valence-corrected chi connectivity index (χ1v) is 4.51. The van der Waals surface area contributed by atoms with Crippen LogP contribution in [0, 0.1) is 0 Å². The van der Waals surface area contributed by atoms with E-state index in [9.17, 15) is 4.79 Å². The minimum atomic E-state index is -0.336. The molecule has 13 heavy (non-hydrogen) atoms. The van der Waals surface area contributed by atoms with E-state index < -0.39 is 0 Å². The second-order valence-corrected chi connectivity index (χ2v) is 4.01. The Morgan fingerprint density at radius 1 is 1.77 bits per heavy atom. The van der Waals surface area contributed by atoms with Gasteiger partial charge in [-0.15, -0.1) is 0 Å². The number of amides is 2. The van der Waals surface area contributed by atoms with Crippen LogP contribution >= 0.6 is 0 Å². The number of nitrogens with two attached hydrogens (primary N) is 1. The molecule has 0 aromatic heterocycles. The standard InChI is InChI=1S/C8H15N3O2/c1-8-4-10-2-6(3-13-5-8)11(8)7(9)12/h6,10H,2-5H2,1H3,(H2,9,12). The Kier molecular flexibility index (Phi) is 1.92. The molecular formula is C8H15N3O2. The van der Waals surface area contributed by atoms with E-state index in [4.69, 9.17) is 10.5 Å². The third kappa shape index (κ3) is 1.28. The highest BCUT2D eigenvalue weighted by atomic mass is 16.5. The molecule has 0 aliphatic carbocycles. The van der Waals surface area contributed by atoms with Crippen LogP contribution in [0.1, 0.15) is 6.92 Å². The lowest BCUT2D eigenvalue weighted by atomic mass is 9.93. The van der Waals surface area contributed by atoms with Crippen LogP contribution in [0.5, 0.6) is 0 Å². The summed E-state index contributed by atoms with van der Waals surface area (Å²) >= 11 is 0. The number of nitrogens with zero attached hydrogens (tertiary/aromatic N) is 1. The molecule has 74 valence electrons. The van der Waals surface area contributed by atoms with Crippen molar-refractivity contribution in [2.24, 2.45) is 5.73 Å². The molecule has 0 radical (unpaired) electrons. The monoisotopic (exact) mass is 185 g/mol. The van der Waals surface area contributed by atoms with Crippen LogP contribution in [0.25, 0.3) is 0 Å². The second-order valence-electron chi connectivity index (χ2n) is 4.01. The maximum Gasteiger partial charge on any atom is 0.315 e. The van der Waals surface area contributed by atoms with Crippen LogP contribution in [-0.4, -0.2) is 48.8 Å². The predicted octanol–water partition coefficient (Wildman–Crippen LogP) is -0.872. The van der Waals surface area contributed by atoms with Gasteiger partial charge in [0.25, 0.3) is 0 Å². The number of nitrogens with one attached hydrogen (secondary N) is 1. The van der Waals surface area contributed by atoms with Gasteiger partial charge >= 0.3 is 6.03 Å². The Bertz CT molecular complexity index is 221. The van der Waals surface area contributed by atoms with Crippen LogP contribution in [-0.2, 0) is 4.74 Å². The largest absolute Gasteiger partial charge is 0.377 e. The van der Waals surface area contributed by atoms with Crippen molar-refractivity contribution >= 4 is 6.03 Å². The summed E-state index contributed by atoms with van der Waals surface area (Å²) in [4.78, 5) is 13.0. The highest BCUT2D eigenvalue weighted by molar-refractivity contribution is 5.73. The lowest BCUT2D eigenvalue weighted by molar-refractivity contribution is -0.0859. The average Bonchev–Trinajstić information content (AvgIpc) is 2.01. The van der Waals surface area contributed by atoms with E-state index >= 15 is 0 Å². The minimum absolute atomic E-state index is 0.102. The number of carbonyl (C=O) groups excluding carboxylic acids is 1. The summed E-state index contributed by atoms with van der Waals surface area (Å²) in [7, 11) is 0. The lowest BCUT2D eigenvalue weighted by Crippen LogP contribution is -2.72. The van der Waals surface area contributed by atoms with Gasteiger partial charge in [0, 0.05) is 13.1 Å². The van der Waals surface area contributed by atoms with E-state index in [0.717, 1.165) is 13.1 Å². The van der Waals surface area contributed by atoms with E-state index in [1.54, 1.807) is 4.90 Å². The number of ether oxygens (including phenoxy) is 1. The third-order valence-corrected chi connectivity index (χ3v) is 2.79. The van der Waals surface area contributed by atoms with Crippen molar-refractivity contribution in [1.29, 1.82) is 0 Å². The topological polar surface area (TPSA) is 67.6 Å². The fourth-order valence-corrected chi connectivity index (χ4v) is 2.24. The SMILES string of the molecule is CC12CNCC(COC1)N2C(N)=O. The molecule has 2 aliphatic heterocycles. The van der Waals surface area contributed by atoms with Gasteiger partial charge in [-0.25, -0.2) is 4.79 Å². The highest BCUT2D eigenvalue weighted by Crippen LogP contribution is 2.25. The van der Waals surface area contributed by atoms with Crippen LogP contribution < -0.4 is 11.1 Å². The van der Waals surface area contributed by atoms with E-state index in [0.29, 0.717) is 13.2 Å². The molecule has 5 nitrogen and oxygen atoms in total. The summed E-state index contributed by atoms with van der Waals surface area (Å²) in [5, 5.41) is 3.28. The normalized spacial score (nSPS) is 38.8. The summed E-state index contributed by atoms with van der Waals surface area (Å²) in [6.45, 7) is 4.69. The average molecular weight is 185 g/mol. The molecule has 2 bridgehead atoms. The van der Waals surface area contributed by atoms with Gasteiger partial charge < -0.3 is 20.7 Å². The molecule has 2 rings (SSSR count). The summed E-state index contributed by atoms with van der Waals surface area (Å²) < 4.78 is 5.43. The minimum Gasteiger partial charge on any atom is -0.377 e. The van der Waals surface area contributed by atoms with E-state index in [-0.39, 0.29) is 17.6 Å². The molecule has 5 heteroatoms. The summed E-state index contributed by atoms with van der Waals surface area (Å²) in [5.41, 5.74) is 5.09. The summed E-state index contributed by atoms with van der Waals surface area (Å²) in [5.74, 6) is 0. The van der Waals surface area contributed by atoms with Gasteiger partial charge in [-0.05, 0) is 6.92 Å². The number of rotatable bonds is 0. The molecule has 2 saturated heterocycles. The van der Waals surface area contributed by atoms with Gasteiger partial charge in [0.05, 0.1) is 24.8 Å². The molecule has 2 unspecified atom stereocenters. The number of carbonyl (C=O) groups is 1. The van der Waals surface area contributed by atoms with E-state index in [1.165, 1.54) is 0 Å². The number of primary amides is 1. The van der Waals surface area contributed by atoms with Crippen molar-refractivity contribution in [3.63, 3.8) is 0 Å². The zero-order valence-electron chi connectivity index (χ0n) is 7.75. The number of piperazine rings is 1. The zero-order valence-corrected chi connectivity index (χ0v) is 7.75. The van der Waals surface area contributed by atoms with Crippen molar-refractivity contribution in [3.8, 4) is 0 Å². The molecule has 2 atom stereocenters. The van der Waals surface area contributed by atoms with Gasteiger partial charge in [0.2, 0.25) is 0 Å². The second kappa shape index (κ2) is 2.85. The molecule has 2 aliphatic rings. The van der Waals surface area contributed by atoms with Crippen molar-refractivity contribution in [1.82, 2.24) is 10.2 Å². The Morgan fingerprint density at radius 3 is 3.08 bits per heavy atom. The highest BCUT2D eigenvalue weighted by Gasteiger charge is 2.45. The first-order valence-electron chi connectivity index (χ1n) is 4.51. The van der Waals surface area contributed by atoms with Gasteiger partial charge in [0.15, 0.2) is 0 Å². The van der Waals surface area contributed by atoms with Crippen molar-refractivity contribution < 1.29 is 9.53 Å². The summed E-state index contributed by atoms with van der Waals surface area (Å²) in [6, 6.07) is -0.234. The predicted molar refractivity (Wildman–Crippen MR) is 47.3 cm³/mol. The lowest BCUT2D eigenvalue weighted by Gasteiger charge is -2.52. The van der Waals surface area contributed by atoms with Crippen LogP contribution in [0.3, 0.4) is 0 Å².